The van der Waals surface area contributed by atoms with E-state index >= 15 is 0 Å². The Morgan fingerprint density at radius 3 is 2.63 bits per heavy atom. The van der Waals surface area contributed by atoms with Gasteiger partial charge in [0.1, 0.15) is 18.0 Å². The fraction of sp³-hybridized carbons (Fsp3) is 0.462. The maximum Gasteiger partial charge on any atom is 0.338 e. The number of hydrogen-bond donors (Lipinski definition) is 2. The standard InChI is InChI=1S/C13H16O6/c1-17-9-4-2-8(3-5-9)13(16)19-11-7-18-10(6-14)12(11)15/h2-5,10-12,14-15H,6-7H2,1H3/t10-,11-,12-/m1/s1. The van der Waals surface area contributed by atoms with Gasteiger partial charge in [0.15, 0.2) is 6.10 Å². The van der Waals surface area contributed by atoms with Crippen LogP contribution < -0.4 is 4.74 Å². The molecule has 3 atom stereocenters. The number of ether oxygens (including phenoxy) is 3. The van der Waals surface area contributed by atoms with Crippen LogP contribution >= 0.6 is 0 Å². The van der Waals surface area contributed by atoms with Crippen LogP contribution in [0.3, 0.4) is 0 Å². The summed E-state index contributed by atoms with van der Waals surface area (Å²) in [5.41, 5.74) is 0.362. The highest BCUT2D eigenvalue weighted by atomic mass is 16.6. The number of rotatable bonds is 4. The van der Waals surface area contributed by atoms with Gasteiger partial charge in [0.2, 0.25) is 0 Å². The minimum atomic E-state index is -1.01. The van der Waals surface area contributed by atoms with Crippen LogP contribution in [-0.2, 0) is 9.47 Å². The number of aliphatic hydroxyl groups excluding tert-OH is 2. The van der Waals surface area contributed by atoms with E-state index in [9.17, 15) is 9.90 Å². The van der Waals surface area contributed by atoms with Gasteiger partial charge >= 0.3 is 5.97 Å². The van der Waals surface area contributed by atoms with E-state index < -0.39 is 24.3 Å². The molecule has 0 spiro atoms. The lowest BCUT2D eigenvalue weighted by molar-refractivity contribution is -0.0174. The van der Waals surface area contributed by atoms with E-state index in [1.807, 2.05) is 0 Å². The van der Waals surface area contributed by atoms with Crippen LogP contribution in [0.25, 0.3) is 0 Å². The summed E-state index contributed by atoms with van der Waals surface area (Å²) < 4.78 is 15.2. The summed E-state index contributed by atoms with van der Waals surface area (Å²) in [7, 11) is 1.54. The molecule has 6 nitrogen and oxygen atoms in total. The van der Waals surface area contributed by atoms with Crippen molar-refractivity contribution in [1.29, 1.82) is 0 Å². The molecule has 6 heteroatoms. The highest BCUT2D eigenvalue weighted by Gasteiger charge is 2.38. The average Bonchev–Trinajstić information content (AvgIpc) is 2.79. The van der Waals surface area contributed by atoms with Crippen LogP contribution in [0.4, 0.5) is 0 Å². The second-order valence-electron chi connectivity index (χ2n) is 4.22. The zero-order valence-electron chi connectivity index (χ0n) is 10.5. The lowest BCUT2D eigenvalue weighted by Crippen LogP contribution is -2.35. The van der Waals surface area contributed by atoms with Crippen LogP contribution in [0, 0.1) is 0 Å². The Bertz CT molecular complexity index is 429. The van der Waals surface area contributed by atoms with Gasteiger partial charge in [0.05, 0.1) is 25.9 Å². The molecule has 104 valence electrons. The molecule has 1 aliphatic heterocycles. The molecule has 0 saturated carbocycles. The first-order chi connectivity index (χ1) is 9.15. The Morgan fingerprint density at radius 2 is 2.11 bits per heavy atom. The highest BCUT2D eigenvalue weighted by Crippen LogP contribution is 2.19. The lowest BCUT2D eigenvalue weighted by Gasteiger charge is -2.16. The third kappa shape index (κ3) is 3.04. The van der Waals surface area contributed by atoms with Crippen LogP contribution in [-0.4, -0.2) is 54.8 Å². The normalized spacial score (nSPS) is 26.2. The summed E-state index contributed by atoms with van der Waals surface area (Å²) in [6.07, 6.45) is -2.47. The Balaban J connectivity index is 1.97. The van der Waals surface area contributed by atoms with Crippen molar-refractivity contribution in [1.82, 2.24) is 0 Å². The molecular formula is C13H16O6. The maximum atomic E-state index is 11.8. The van der Waals surface area contributed by atoms with Crippen LogP contribution in [0.5, 0.6) is 5.75 Å². The first kappa shape index (κ1) is 13.8. The van der Waals surface area contributed by atoms with Crippen molar-refractivity contribution >= 4 is 5.97 Å². The topological polar surface area (TPSA) is 85.2 Å². The van der Waals surface area contributed by atoms with E-state index in [1.54, 1.807) is 24.3 Å². The zero-order valence-corrected chi connectivity index (χ0v) is 10.5. The van der Waals surface area contributed by atoms with E-state index in [1.165, 1.54) is 7.11 Å². The molecule has 2 N–H and O–H groups in total. The Morgan fingerprint density at radius 1 is 1.42 bits per heavy atom. The fourth-order valence-electron chi connectivity index (χ4n) is 1.85. The minimum absolute atomic E-state index is 0.0777. The molecular weight excluding hydrogens is 252 g/mol. The summed E-state index contributed by atoms with van der Waals surface area (Å²) >= 11 is 0. The molecule has 0 amide bonds. The molecule has 19 heavy (non-hydrogen) atoms. The smallest absolute Gasteiger partial charge is 0.338 e. The molecule has 2 rings (SSSR count). The van der Waals surface area contributed by atoms with Gasteiger partial charge < -0.3 is 24.4 Å². The first-order valence-corrected chi connectivity index (χ1v) is 5.91. The summed E-state index contributed by atoms with van der Waals surface area (Å²) in [4.78, 5) is 11.8. The third-order valence-electron chi connectivity index (χ3n) is 3.00. The van der Waals surface area contributed by atoms with Crippen molar-refractivity contribution in [3.8, 4) is 5.75 Å². The van der Waals surface area contributed by atoms with Crippen molar-refractivity contribution < 1.29 is 29.2 Å². The van der Waals surface area contributed by atoms with Gasteiger partial charge in [-0.05, 0) is 24.3 Å². The van der Waals surface area contributed by atoms with Gasteiger partial charge in [0.25, 0.3) is 0 Å². The molecule has 1 aromatic rings. The number of hydrogen-bond acceptors (Lipinski definition) is 6. The number of methoxy groups -OCH3 is 1. The quantitative estimate of drug-likeness (QED) is 0.746. The number of carbonyl (C=O) groups is 1. The Labute approximate surface area is 110 Å². The molecule has 1 saturated heterocycles. The largest absolute Gasteiger partial charge is 0.497 e. The van der Waals surface area contributed by atoms with E-state index in [-0.39, 0.29) is 13.2 Å². The molecule has 0 aromatic heterocycles. The SMILES string of the molecule is COc1ccc(C(=O)O[C@@H]2CO[C@H](CO)[C@H]2O)cc1. The number of benzene rings is 1. The van der Waals surface area contributed by atoms with Gasteiger partial charge in [-0.15, -0.1) is 0 Å². The van der Waals surface area contributed by atoms with Gasteiger partial charge in [-0.25, -0.2) is 4.79 Å². The molecule has 0 radical (unpaired) electrons. The highest BCUT2D eigenvalue weighted by molar-refractivity contribution is 5.89. The molecule has 1 fully saturated rings. The maximum absolute atomic E-state index is 11.8. The van der Waals surface area contributed by atoms with Gasteiger partial charge in [-0.2, -0.15) is 0 Å². The second kappa shape index (κ2) is 6.01. The number of carbonyl (C=O) groups excluding carboxylic acids is 1. The number of aliphatic hydroxyl groups is 2. The van der Waals surface area contributed by atoms with Crippen molar-refractivity contribution in [3.05, 3.63) is 29.8 Å². The molecule has 1 aliphatic rings. The molecule has 0 bridgehead atoms. The summed E-state index contributed by atoms with van der Waals surface area (Å²) in [5.74, 6) is 0.0926. The number of esters is 1. The zero-order chi connectivity index (χ0) is 13.8. The van der Waals surface area contributed by atoms with Gasteiger partial charge in [-0.3, -0.25) is 0 Å². The van der Waals surface area contributed by atoms with Gasteiger partial charge in [-0.1, -0.05) is 0 Å². The summed E-state index contributed by atoms with van der Waals surface area (Å²) in [6, 6.07) is 6.45. The third-order valence-corrected chi connectivity index (χ3v) is 3.00. The monoisotopic (exact) mass is 268 g/mol. The van der Waals surface area contributed by atoms with Crippen molar-refractivity contribution in [3.63, 3.8) is 0 Å². The van der Waals surface area contributed by atoms with Crippen LogP contribution in [0.15, 0.2) is 24.3 Å². The summed E-state index contributed by atoms with van der Waals surface area (Å²) in [5, 5.41) is 18.7. The first-order valence-electron chi connectivity index (χ1n) is 5.91. The molecule has 0 aliphatic carbocycles. The van der Waals surface area contributed by atoms with Crippen molar-refractivity contribution in [2.45, 2.75) is 18.3 Å². The average molecular weight is 268 g/mol. The second-order valence-corrected chi connectivity index (χ2v) is 4.22. The van der Waals surface area contributed by atoms with E-state index in [2.05, 4.69) is 0 Å². The predicted octanol–water partition coefficient (Wildman–Crippen LogP) is -0.0274. The Kier molecular flexibility index (Phi) is 4.36. The van der Waals surface area contributed by atoms with Crippen molar-refractivity contribution in [2.24, 2.45) is 0 Å². The summed E-state index contributed by atoms with van der Waals surface area (Å²) in [6.45, 7) is -0.230. The van der Waals surface area contributed by atoms with Crippen LogP contribution in [0.1, 0.15) is 10.4 Å². The van der Waals surface area contributed by atoms with E-state index in [0.29, 0.717) is 11.3 Å². The lowest BCUT2D eigenvalue weighted by atomic mass is 10.1. The molecule has 1 aromatic carbocycles. The van der Waals surface area contributed by atoms with Crippen LogP contribution in [0.2, 0.25) is 0 Å². The Hall–Kier alpha value is -1.63. The van der Waals surface area contributed by atoms with Crippen molar-refractivity contribution in [2.75, 3.05) is 20.3 Å². The molecule has 0 unspecified atom stereocenters. The minimum Gasteiger partial charge on any atom is -0.497 e. The predicted molar refractivity (Wildman–Crippen MR) is 65.0 cm³/mol. The van der Waals surface area contributed by atoms with E-state index in [0.717, 1.165) is 0 Å². The van der Waals surface area contributed by atoms with Gasteiger partial charge in [0, 0.05) is 0 Å². The van der Waals surface area contributed by atoms with E-state index in [4.69, 9.17) is 19.3 Å². The fourth-order valence-corrected chi connectivity index (χ4v) is 1.85. The molecule has 1 heterocycles.